The zero-order valence-corrected chi connectivity index (χ0v) is 22.1. The highest BCUT2D eigenvalue weighted by Crippen LogP contribution is 2.55. The monoisotopic (exact) mass is 471 g/mol. The SMILES string of the molecule is CCCC/C=C\CCCCCCCCC[P+](c1ccccc1)(c1ccccc1)c1ccccc1. The first-order chi connectivity index (χ1) is 16.9. The van der Waals surface area contributed by atoms with Crippen molar-refractivity contribution < 1.29 is 0 Å². The van der Waals surface area contributed by atoms with Gasteiger partial charge in [-0.3, -0.25) is 0 Å². The summed E-state index contributed by atoms with van der Waals surface area (Å²) in [5, 5.41) is 4.54. The van der Waals surface area contributed by atoms with Crippen molar-refractivity contribution in [3.05, 3.63) is 103 Å². The highest BCUT2D eigenvalue weighted by molar-refractivity contribution is 7.95. The molecule has 3 aromatic rings. The van der Waals surface area contributed by atoms with E-state index in [4.69, 9.17) is 0 Å². The summed E-state index contributed by atoms with van der Waals surface area (Å²) < 4.78 is 0. The van der Waals surface area contributed by atoms with E-state index >= 15 is 0 Å². The van der Waals surface area contributed by atoms with E-state index in [1.807, 2.05) is 0 Å². The molecule has 0 amide bonds. The van der Waals surface area contributed by atoms with Crippen molar-refractivity contribution in [3.8, 4) is 0 Å². The first kappa shape index (κ1) is 26.4. The van der Waals surface area contributed by atoms with Gasteiger partial charge in [0.2, 0.25) is 0 Å². The molecule has 0 atom stereocenters. The predicted octanol–water partition coefficient (Wildman–Crippen LogP) is 8.85. The maximum absolute atomic E-state index is 2.40. The van der Waals surface area contributed by atoms with Gasteiger partial charge in [-0.05, 0) is 68.5 Å². The minimum atomic E-state index is -1.64. The van der Waals surface area contributed by atoms with Crippen LogP contribution in [0.15, 0.2) is 103 Å². The molecular weight excluding hydrogens is 427 g/mol. The standard InChI is InChI=1S/C33H44P/c1-2-3-4-5-6-7-8-9-10-11-12-13-23-30-34(31-24-17-14-18-25-31,32-26-19-15-20-27-32)33-28-21-16-22-29-33/h5-6,14-22,24-29H,2-4,7-13,23,30H2,1H3/q+1/b6-5-. The molecule has 1 heteroatoms. The van der Waals surface area contributed by atoms with Gasteiger partial charge in [-0.1, -0.05) is 112 Å². The molecule has 3 aromatic carbocycles. The number of hydrogen-bond donors (Lipinski definition) is 0. The number of hydrogen-bond acceptors (Lipinski definition) is 0. The van der Waals surface area contributed by atoms with E-state index in [2.05, 4.69) is 110 Å². The maximum atomic E-state index is 2.40. The summed E-state index contributed by atoms with van der Waals surface area (Å²) in [7, 11) is -1.64. The van der Waals surface area contributed by atoms with Gasteiger partial charge in [0.25, 0.3) is 0 Å². The maximum Gasteiger partial charge on any atom is 0.112 e. The Morgan fingerprint density at radius 3 is 1.29 bits per heavy atom. The average molecular weight is 472 g/mol. The summed E-state index contributed by atoms with van der Waals surface area (Å²) in [6.45, 7) is 2.26. The third-order valence-corrected chi connectivity index (χ3v) is 11.4. The lowest BCUT2D eigenvalue weighted by Crippen LogP contribution is -2.33. The Bertz CT molecular complexity index is 818. The Morgan fingerprint density at radius 2 is 0.853 bits per heavy atom. The molecule has 0 nitrogen and oxygen atoms in total. The van der Waals surface area contributed by atoms with Crippen LogP contribution in [-0.2, 0) is 0 Å². The van der Waals surface area contributed by atoms with E-state index in [0.717, 1.165) is 0 Å². The van der Waals surface area contributed by atoms with Crippen LogP contribution in [0.1, 0.15) is 77.6 Å². The normalized spacial score (nSPS) is 11.8. The van der Waals surface area contributed by atoms with Gasteiger partial charge in [0.1, 0.15) is 23.2 Å². The molecule has 0 spiro atoms. The topological polar surface area (TPSA) is 0 Å². The second kappa shape index (κ2) is 15.7. The van der Waals surface area contributed by atoms with Crippen molar-refractivity contribution >= 4 is 23.2 Å². The van der Waals surface area contributed by atoms with E-state index in [-0.39, 0.29) is 0 Å². The summed E-state index contributed by atoms with van der Waals surface area (Å²) in [5.74, 6) is 0. The lowest BCUT2D eigenvalue weighted by atomic mass is 10.1. The summed E-state index contributed by atoms with van der Waals surface area (Å²) in [4.78, 5) is 0. The van der Waals surface area contributed by atoms with E-state index < -0.39 is 7.26 Å². The van der Waals surface area contributed by atoms with Crippen LogP contribution in [0.25, 0.3) is 0 Å². The van der Waals surface area contributed by atoms with Crippen molar-refractivity contribution in [2.24, 2.45) is 0 Å². The van der Waals surface area contributed by atoms with Crippen molar-refractivity contribution in [2.75, 3.05) is 6.16 Å². The Morgan fingerprint density at radius 1 is 0.471 bits per heavy atom. The predicted molar refractivity (Wildman–Crippen MR) is 156 cm³/mol. The van der Waals surface area contributed by atoms with Gasteiger partial charge in [-0.25, -0.2) is 0 Å². The van der Waals surface area contributed by atoms with Crippen LogP contribution in [0.4, 0.5) is 0 Å². The fourth-order valence-corrected chi connectivity index (χ4v) is 9.34. The molecule has 0 unspecified atom stereocenters. The zero-order valence-electron chi connectivity index (χ0n) is 21.2. The molecular formula is C33H44P+. The molecule has 180 valence electrons. The van der Waals surface area contributed by atoms with Crippen molar-refractivity contribution in [1.82, 2.24) is 0 Å². The van der Waals surface area contributed by atoms with Crippen LogP contribution in [0.3, 0.4) is 0 Å². The lowest BCUT2D eigenvalue weighted by molar-refractivity contribution is 0.593. The van der Waals surface area contributed by atoms with Crippen molar-refractivity contribution in [2.45, 2.75) is 77.6 Å². The summed E-state index contributed by atoms with van der Waals surface area (Å²) >= 11 is 0. The average Bonchev–Trinajstić information content (AvgIpc) is 2.91. The Labute approximate surface area is 209 Å². The third kappa shape index (κ3) is 7.95. The Balaban J connectivity index is 1.56. The smallest absolute Gasteiger partial charge is 0.0885 e. The first-order valence-electron chi connectivity index (χ1n) is 13.6. The van der Waals surface area contributed by atoms with E-state index in [0.29, 0.717) is 0 Å². The van der Waals surface area contributed by atoms with Gasteiger partial charge in [-0.2, -0.15) is 0 Å². The molecule has 0 aliphatic rings. The van der Waals surface area contributed by atoms with Gasteiger partial charge in [0.15, 0.2) is 0 Å². The number of benzene rings is 3. The molecule has 0 radical (unpaired) electrons. The highest BCUT2D eigenvalue weighted by Gasteiger charge is 2.44. The molecule has 0 bridgehead atoms. The van der Waals surface area contributed by atoms with Crippen LogP contribution in [-0.4, -0.2) is 6.16 Å². The minimum Gasteiger partial charge on any atom is -0.0885 e. The first-order valence-corrected chi connectivity index (χ1v) is 15.6. The van der Waals surface area contributed by atoms with Crippen LogP contribution in [0, 0.1) is 0 Å². The number of unbranched alkanes of at least 4 members (excludes halogenated alkanes) is 9. The summed E-state index contributed by atoms with van der Waals surface area (Å²) in [5.41, 5.74) is 0. The second-order valence-electron chi connectivity index (χ2n) is 9.42. The highest BCUT2D eigenvalue weighted by atomic mass is 31.2. The Hall–Kier alpha value is -2.17. The molecule has 0 N–H and O–H groups in total. The van der Waals surface area contributed by atoms with E-state index in [1.165, 1.54) is 92.7 Å². The van der Waals surface area contributed by atoms with Crippen LogP contribution in [0.5, 0.6) is 0 Å². The van der Waals surface area contributed by atoms with Gasteiger partial charge in [-0.15, -0.1) is 0 Å². The largest absolute Gasteiger partial charge is 0.112 e. The molecule has 0 aliphatic carbocycles. The zero-order chi connectivity index (χ0) is 23.7. The van der Waals surface area contributed by atoms with Gasteiger partial charge in [0.05, 0.1) is 6.16 Å². The number of allylic oxidation sites excluding steroid dienone is 2. The summed E-state index contributed by atoms with van der Waals surface area (Å²) in [6.07, 6.45) is 20.7. The van der Waals surface area contributed by atoms with E-state index in [1.54, 1.807) is 0 Å². The van der Waals surface area contributed by atoms with Gasteiger partial charge < -0.3 is 0 Å². The quantitative estimate of drug-likeness (QED) is 0.111. The van der Waals surface area contributed by atoms with Gasteiger partial charge >= 0.3 is 0 Å². The molecule has 0 saturated heterocycles. The minimum absolute atomic E-state index is 1.26. The van der Waals surface area contributed by atoms with Crippen LogP contribution < -0.4 is 15.9 Å². The molecule has 0 saturated carbocycles. The van der Waals surface area contributed by atoms with Crippen LogP contribution in [0.2, 0.25) is 0 Å². The van der Waals surface area contributed by atoms with E-state index in [9.17, 15) is 0 Å². The number of rotatable bonds is 16. The Kier molecular flexibility index (Phi) is 12.2. The molecule has 0 aliphatic heterocycles. The van der Waals surface area contributed by atoms with Crippen molar-refractivity contribution in [1.29, 1.82) is 0 Å². The lowest BCUT2D eigenvalue weighted by Gasteiger charge is -2.27. The summed E-state index contributed by atoms with van der Waals surface area (Å²) in [6, 6.07) is 33.9. The molecule has 0 aromatic heterocycles. The molecule has 0 fully saturated rings. The van der Waals surface area contributed by atoms with Crippen molar-refractivity contribution in [3.63, 3.8) is 0 Å². The molecule has 0 heterocycles. The molecule has 3 rings (SSSR count). The second-order valence-corrected chi connectivity index (χ2v) is 13.0. The van der Waals surface area contributed by atoms with Crippen LogP contribution >= 0.6 is 7.26 Å². The third-order valence-electron chi connectivity index (χ3n) is 6.85. The molecule has 34 heavy (non-hydrogen) atoms. The fourth-order valence-electron chi connectivity index (χ4n) is 4.93. The van der Waals surface area contributed by atoms with Gasteiger partial charge in [0, 0.05) is 0 Å². The fraction of sp³-hybridized carbons (Fsp3) is 0.394.